The predicted octanol–water partition coefficient (Wildman–Crippen LogP) is 4.12. The van der Waals surface area contributed by atoms with Crippen LogP contribution in [0.3, 0.4) is 0 Å². The van der Waals surface area contributed by atoms with Gasteiger partial charge in [0.2, 0.25) is 19.7 Å². The van der Waals surface area contributed by atoms with Gasteiger partial charge in [0.05, 0.1) is 9.92 Å². The maximum absolute atomic E-state index is 12.7. The first-order valence-corrected chi connectivity index (χ1v) is 12.0. The van der Waals surface area contributed by atoms with Crippen molar-refractivity contribution in [1.29, 1.82) is 0 Å². The number of sulfonamides is 1. The molecule has 0 saturated carbocycles. The number of anilines is 1. The lowest BCUT2D eigenvalue weighted by molar-refractivity contribution is -0.123. The molecule has 1 atom stereocenters. The Hall–Kier alpha value is -1.46. The van der Waals surface area contributed by atoms with Gasteiger partial charge < -0.3 is 15.4 Å². The van der Waals surface area contributed by atoms with Crippen molar-refractivity contribution in [1.82, 2.24) is 10.0 Å². The van der Waals surface area contributed by atoms with Crippen LogP contribution in [-0.4, -0.2) is 36.8 Å². The number of amides is 2. The zero-order chi connectivity index (χ0) is 24.1. The molecule has 0 heterocycles. The van der Waals surface area contributed by atoms with Crippen molar-refractivity contribution in [3.05, 3.63) is 52.5 Å². The van der Waals surface area contributed by atoms with Crippen molar-refractivity contribution in [2.75, 3.05) is 11.9 Å². The van der Waals surface area contributed by atoms with E-state index in [2.05, 4.69) is 15.4 Å². The molecule has 8 nitrogen and oxygen atoms in total. The fourth-order valence-corrected chi connectivity index (χ4v) is 4.42. The zero-order valence-electron chi connectivity index (χ0n) is 16.2. The Balaban J connectivity index is 2.09. The molecule has 0 fully saturated rings. The van der Waals surface area contributed by atoms with Gasteiger partial charge in [0.25, 0.3) is 5.91 Å². The summed E-state index contributed by atoms with van der Waals surface area (Å²) in [6.07, 6.45) is -1.63. The summed E-state index contributed by atoms with van der Waals surface area (Å²) in [6, 6.07) is 9.61. The van der Waals surface area contributed by atoms with E-state index in [1.54, 1.807) is 0 Å². The van der Waals surface area contributed by atoms with Gasteiger partial charge in [-0.2, -0.15) is 4.72 Å². The normalized spacial score (nSPS) is 12.7. The third kappa shape index (κ3) is 8.15. The lowest BCUT2D eigenvalue weighted by Gasteiger charge is -2.26. The summed E-state index contributed by atoms with van der Waals surface area (Å²) in [7, 11) is -4.22. The molecule has 0 saturated heterocycles. The molecular formula is C18H16Cl5N3O5S. The van der Waals surface area contributed by atoms with Crippen molar-refractivity contribution in [3.63, 3.8) is 0 Å². The van der Waals surface area contributed by atoms with Gasteiger partial charge in [-0.25, -0.2) is 8.42 Å². The summed E-state index contributed by atoms with van der Waals surface area (Å²) in [5.74, 6) is -0.938. The minimum absolute atomic E-state index is 0.173. The molecular weight excluding hydrogens is 548 g/mol. The summed E-state index contributed by atoms with van der Waals surface area (Å²) in [6.45, 7) is 0.761. The van der Waals surface area contributed by atoms with E-state index < -0.39 is 32.5 Å². The van der Waals surface area contributed by atoms with Crippen LogP contribution in [0.25, 0.3) is 0 Å². The van der Waals surface area contributed by atoms with Crippen LogP contribution in [0, 0.1) is 0 Å². The first kappa shape index (κ1) is 26.8. The molecule has 0 radical (unpaired) electrons. The number of hydrogen-bond acceptors (Lipinski definition) is 5. The minimum atomic E-state index is -4.22. The average molecular weight is 564 g/mol. The summed E-state index contributed by atoms with van der Waals surface area (Å²) < 4.78 is 30.5. The quantitative estimate of drug-likeness (QED) is 0.330. The summed E-state index contributed by atoms with van der Waals surface area (Å²) >= 11 is 29.3. The minimum Gasteiger partial charge on any atom is -0.482 e. The summed E-state index contributed by atoms with van der Waals surface area (Å²) in [4.78, 5) is 23.2. The number of carbonyl (C=O) groups is 2. The van der Waals surface area contributed by atoms with Crippen molar-refractivity contribution in [2.24, 2.45) is 0 Å². The first-order valence-electron chi connectivity index (χ1n) is 8.62. The number of hydrogen-bond donors (Lipinski definition) is 3. The number of ether oxygens (including phenoxy) is 1. The molecule has 14 heteroatoms. The molecule has 0 spiro atoms. The highest BCUT2D eigenvalue weighted by molar-refractivity contribution is 7.89. The van der Waals surface area contributed by atoms with Crippen LogP contribution < -0.4 is 20.1 Å². The lowest BCUT2D eigenvalue weighted by Crippen LogP contribution is -2.56. The third-order valence-corrected chi connectivity index (χ3v) is 6.27. The molecule has 2 aromatic rings. The highest BCUT2D eigenvalue weighted by Gasteiger charge is 2.37. The van der Waals surface area contributed by atoms with Gasteiger partial charge in [-0.3, -0.25) is 9.59 Å². The van der Waals surface area contributed by atoms with E-state index in [-0.39, 0.29) is 21.6 Å². The van der Waals surface area contributed by atoms with Crippen molar-refractivity contribution < 1.29 is 22.7 Å². The number of carbonyl (C=O) groups excluding carboxylic acids is 2. The van der Waals surface area contributed by atoms with Gasteiger partial charge in [-0.1, -0.05) is 58.0 Å². The van der Waals surface area contributed by atoms with Crippen molar-refractivity contribution in [2.45, 2.75) is 21.8 Å². The van der Waals surface area contributed by atoms with Crippen LogP contribution in [0.5, 0.6) is 5.75 Å². The number of nitrogens with one attached hydrogen (secondary N) is 3. The molecule has 0 bridgehead atoms. The molecule has 3 N–H and O–H groups in total. The van der Waals surface area contributed by atoms with E-state index >= 15 is 0 Å². The lowest BCUT2D eigenvalue weighted by atomic mass is 10.3. The van der Waals surface area contributed by atoms with Crippen LogP contribution in [0.15, 0.2) is 47.4 Å². The van der Waals surface area contributed by atoms with E-state index in [0.717, 1.165) is 0 Å². The number of alkyl halides is 3. The molecule has 0 aliphatic carbocycles. The first-order chi connectivity index (χ1) is 14.8. The summed E-state index contributed by atoms with van der Waals surface area (Å²) in [5, 5.41) is 5.30. The standard InChI is InChI=1S/C18H16Cl5N3O5S/c1-10(27)24-12-3-5-13(6-4-12)32(29,30)26-17(18(21,22)23)25-16(28)9-31-15-7-2-11(19)8-14(15)20/h2-8,17,26H,9H2,1H3,(H,24,27)(H,25,28). The Kier molecular flexibility index (Phi) is 9.30. The third-order valence-electron chi connectivity index (χ3n) is 3.64. The molecule has 2 aromatic carbocycles. The Bertz CT molecular complexity index is 1090. The number of rotatable bonds is 8. The van der Waals surface area contributed by atoms with E-state index in [1.165, 1.54) is 49.4 Å². The van der Waals surface area contributed by atoms with Gasteiger partial charge in [0.15, 0.2) is 6.61 Å². The van der Waals surface area contributed by atoms with Crippen LogP contribution in [0.1, 0.15) is 6.92 Å². The molecule has 2 amide bonds. The topological polar surface area (TPSA) is 114 Å². The van der Waals surface area contributed by atoms with Crippen molar-refractivity contribution >= 4 is 85.5 Å². The second kappa shape index (κ2) is 11.1. The molecule has 0 aliphatic heterocycles. The SMILES string of the molecule is CC(=O)Nc1ccc(S(=O)(=O)NC(NC(=O)COc2ccc(Cl)cc2Cl)C(Cl)(Cl)Cl)cc1. The van der Waals surface area contributed by atoms with E-state index in [9.17, 15) is 18.0 Å². The van der Waals surface area contributed by atoms with Gasteiger partial charge >= 0.3 is 0 Å². The Morgan fingerprint density at radius 1 is 1.06 bits per heavy atom. The molecule has 174 valence electrons. The van der Waals surface area contributed by atoms with Crippen LogP contribution in [0.2, 0.25) is 10.0 Å². The zero-order valence-corrected chi connectivity index (χ0v) is 20.8. The summed E-state index contributed by atoms with van der Waals surface area (Å²) in [5.41, 5.74) is 0.390. The maximum atomic E-state index is 12.7. The average Bonchev–Trinajstić information content (AvgIpc) is 2.66. The van der Waals surface area contributed by atoms with Crippen LogP contribution in [0.4, 0.5) is 5.69 Å². The Morgan fingerprint density at radius 3 is 2.22 bits per heavy atom. The molecule has 32 heavy (non-hydrogen) atoms. The fourth-order valence-electron chi connectivity index (χ4n) is 2.26. The van der Waals surface area contributed by atoms with Gasteiger partial charge in [-0.05, 0) is 42.5 Å². The molecule has 0 aromatic heterocycles. The highest BCUT2D eigenvalue weighted by atomic mass is 35.6. The van der Waals surface area contributed by atoms with Gasteiger partial charge in [0, 0.05) is 17.6 Å². The number of halogens is 5. The Morgan fingerprint density at radius 2 is 1.69 bits per heavy atom. The van der Waals surface area contributed by atoms with E-state index in [4.69, 9.17) is 62.7 Å². The predicted molar refractivity (Wildman–Crippen MR) is 125 cm³/mol. The maximum Gasteiger partial charge on any atom is 0.259 e. The molecule has 1 unspecified atom stereocenters. The van der Waals surface area contributed by atoms with Crippen molar-refractivity contribution in [3.8, 4) is 5.75 Å². The molecule has 2 rings (SSSR count). The second-order valence-corrected chi connectivity index (χ2v) is 11.2. The Labute approximate surface area is 209 Å². The molecule has 0 aliphatic rings. The fraction of sp³-hybridized carbons (Fsp3) is 0.222. The van der Waals surface area contributed by atoms with Gasteiger partial charge in [-0.15, -0.1) is 0 Å². The smallest absolute Gasteiger partial charge is 0.259 e. The van der Waals surface area contributed by atoms with Gasteiger partial charge in [0.1, 0.15) is 11.9 Å². The largest absolute Gasteiger partial charge is 0.482 e. The monoisotopic (exact) mass is 561 g/mol. The second-order valence-electron chi connectivity index (χ2n) is 6.23. The highest BCUT2D eigenvalue weighted by Crippen LogP contribution is 2.30. The van der Waals surface area contributed by atoms with Crippen LogP contribution in [-0.2, 0) is 19.6 Å². The van der Waals surface area contributed by atoms with E-state index in [0.29, 0.717) is 10.7 Å². The number of benzene rings is 2. The van der Waals surface area contributed by atoms with Crippen LogP contribution >= 0.6 is 58.0 Å². The van der Waals surface area contributed by atoms with E-state index in [1.807, 2.05) is 0 Å².